The third-order valence-corrected chi connectivity index (χ3v) is 3.10. The summed E-state index contributed by atoms with van der Waals surface area (Å²) in [5.41, 5.74) is 6.41. The summed E-state index contributed by atoms with van der Waals surface area (Å²) < 4.78 is 5.50. The Balaban J connectivity index is 2.31. The van der Waals surface area contributed by atoms with E-state index in [-0.39, 0.29) is 11.5 Å². The Morgan fingerprint density at radius 3 is 2.78 bits per heavy atom. The molecule has 2 rings (SSSR count). The molecule has 0 aliphatic carbocycles. The molecule has 96 valence electrons. The molecule has 2 N–H and O–H groups in total. The van der Waals surface area contributed by atoms with Crippen molar-refractivity contribution < 1.29 is 9.21 Å². The van der Waals surface area contributed by atoms with E-state index in [1.54, 1.807) is 12.1 Å². The fourth-order valence-corrected chi connectivity index (χ4v) is 2.17. The van der Waals surface area contributed by atoms with Gasteiger partial charge in [-0.25, -0.2) is 0 Å². The lowest BCUT2D eigenvalue weighted by molar-refractivity contribution is 0.0926. The van der Waals surface area contributed by atoms with Gasteiger partial charge >= 0.3 is 0 Å². The first kappa shape index (κ1) is 13.1. The zero-order valence-corrected chi connectivity index (χ0v) is 11.2. The highest BCUT2D eigenvalue weighted by Gasteiger charge is 2.21. The number of para-hydroxylation sites is 1. The number of carbonyl (C=O) groups is 1. The van der Waals surface area contributed by atoms with E-state index in [0.717, 1.165) is 5.39 Å². The second kappa shape index (κ2) is 5.12. The predicted molar refractivity (Wildman–Crippen MR) is 73.0 cm³/mol. The number of furan rings is 1. The van der Waals surface area contributed by atoms with Crippen LogP contribution < -0.4 is 5.73 Å². The van der Waals surface area contributed by atoms with Gasteiger partial charge in [-0.05, 0) is 24.5 Å². The largest absolute Gasteiger partial charge is 0.451 e. The Morgan fingerprint density at radius 1 is 1.44 bits per heavy atom. The number of ketones is 1. The second-order valence-electron chi connectivity index (χ2n) is 4.87. The fraction of sp³-hybridized carbons (Fsp3) is 0.357. The summed E-state index contributed by atoms with van der Waals surface area (Å²) in [7, 11) is 0. The summed E-state index contributed by atoms with van der Waals surface area (Å²) in [6, 6.07) is 6.58. The Labute approximate surface area is 111 Å². The number of nitrogens with two attached hydrogens (primary N) is 1. The Bertz CT molecular complexity index is 574. The molecule has 2 aromatic rings. The van der Waals surface area contributed by atoms with Crippen LogP contribution in [0.3, 0.4) is 0 Å². The summed E-state index contributed by atoms with van der Waals surface area (Å²) in [6.45, 7) is 4.06. The highest BCUT2D eigenvalue weighted by molar-refractivity contribution is 6.34. The van der Waals surface area contributed by atoms with E-state index in [0.29, 0.717) is 22.9 Å². The van der Waals surface area contributed by atoms with Gasteiger partial charge < -0.3 is 10.2 Å². The van der Waals surface area contributed by atoms with Crippen LogP contribution in [0.15, 0.2) is 28.7 Å². The Kier molecular flexibility index (Phi) is 3.73. The summed E-state index contributed by atoms with van der Waals surface area (Å²) in [5, 5.41) is 1.33. The number of hydrogen-bond acceptors (Lipinski definition) is 3. The quantitative estimate of drug-likeness (QED) is 0.859. The molecule has 0 saturated heterocycles. The van der Waals surface area contributed by atoms with Gasteiger partial charge in [0.1, 0.15) is 0 Å². The van der Waals surface area contributed by atoms with Gasteiger partial charge in [-0.1, -0.05) is 37.6 Å². The lowest BCUT2D eigenvalue weighted by Crippen LogP contribution is -2.31. The van der Waals surface area contributed by atoms with Gasteiger partial charge in [0.15, 0.2) is 11.3 Å². The standard InChI is InChI=1S/C14H16ClNO2/c1-8(2)6-11(16)13(17)12-7-9-4-3-5-10(15)14(9)18-12/h3-5,7-8,11H,6,16H2,1-2H3. The van der Waals surface area contributed by atoms with E-state index >= 15 is 0 Å². The first-order valence-corrected chi connectivity index (χ1v) is 6.34. The maximum absolute atomic E-state index is 12.1. The average molecular weight is 266 g/mol. The van der Waals surface area contributed by atoms with Gasteiger partial charge in [-0.2, -0.15) is 0 Å². The molecule has 1 unspecified atom stereocenters. The van der Waals surface area contributed by atoms with Gasteiger partial charge in [0.25, 0.3) is 0 Å². The summed E-state index contributed by atoms with van der Waals surface area (Å²) in [5.74, 6) is 0.485. The molecule has 4 heteroatoms. The van der Waals surface area contributed by atoms with Gasteiger partial charge in [-0.3, -0.25) is 4.79 Å². The highest BCUT2D eigenvalue weighted by atomic mass is 35.5. The van der Waals surface area contributed by atoms with Crippen LogP contribution in [0.1, 0.15) is 30.8 Å². The maximum Gasteiger partial charge on any atom is 0.214 e. The van der Waals surface area contributed by atoms with Crippen LogP contribution in [0.2, 0.25) is 5.02 Å². The molecule has 0 saturated carbocycles. The molecule has 0 fully saturated rings. The monoisotopic (exact) mass is 265 g/mol. The van der Waals surface area contributed by atoms with E-state index in [1.165, 1.54) is 0 Å². The summed E-state index contributed by atoms with van der Waals surface area (Å²) >= 11 is 6.00. The van der Waals surface area contributed by atoms with E-state index < -0.39 is 6.04 Å². The van der Waals surface area contributed by atoms with Crippen molar-refractivity contribution in [2.45, 2.75) is 26.3 Å². The number of hydrogen-bond donors (Lipinski definition) is 1. The smallest absolute Gasteiger partial charge is 0.214 e. The lowest BCUT2D eigenvalue weighted by atomic mass is 10.00. The molecule has 0 spiro atoms. The molecular weight excluding hydrogens is 250 g/mol. The minimum absolute atomic E-state index is 0.170. The van der Waals surface area contributed by atoms with Crippen LogP contribution in [0.25, 0.3) is 11.0 Å². The minimum Gasteiger partial charge on any atom is -0.451 e. The van der Waals surface area contributed by atoms with Crippen LogP contribution in [-0.4, -0.2) is 11.8 Å². The third kappa shape index (κ3) is 2.57. The zero-order chi connectivity index (χ0) is 13.3. The molecule has 0 radical (unpaired) electrons. The molecule has 0 aliphatic rings. The Hall–Kier alpha value is -1.32. The minimum atomic E-state index is -0.524. The molecule has 18 heavy (non-hydrogen) atoms. The number of rotatable bonds is 4. The highest BCUT2D eigenvalue weighted by Crippen LogP contribution is 2.27. The molecule has 0 amide bonds. The van der Waals surface area contributed by atoms with Gasteiger partial charge in [0, 0.05) is 5.39 Å². The van der Waals surface area contributed by atoms with Crippen molar-refractivity contribution in [1.82, 2.24) is 0 Å². The van der Waals surface area contributed by atoms with Gasteiger partial charge in [0.05, 0.1) is 11.1 Å². The van der Waals surface area contributed by atoms with Crippen LogP contribution in [0.5, 0.6) is 0 Å². The van der Waals surface area contributed by atoms with E-state index in [1.807, 2.05) is 26.0 Å². The van der Waals surface area contributed by atoms with Crippen LogP contribution in [0, 0.1) is 5.92 Å². The fourth-order valence-electron chi connectivity index (χ4n) is 1.95. The third-order valence-electron chi connectivity index (χ3n) is 2.80. The number of fused-ring (bicyclic) bond motifs is 1. The van der Waals surface area contributed by atoms with Crippen LogP contribution in [-0.2, 0) is 0 Å². The molecule has 1 aromatic heterocycles. The molecule has 1 atom stereocenters. The van der Waals surface area contributed by atoms with E-state index in [4.69, 9.17) is 21.8 Å². The van der Waals surface area contributed by atoms with Crippen molar-refractivity contribution in [2.75, 3.05) is 0 Å². The average Bonchev–Trinajstić information content (AvgIpc) is 2.72. The first-order chi connectivity index (χ1) is 8.49. The Morgan fingerprint density at radius 2 is 2.17 bits per heavy atom. The maximum atomic E-state index is 12.1. The van der Waals surface area contributed by atoms with Gasteiger partial charge in [-0.15, -0.1) is 0 Å². The number of benzene rings is 1. The second-order valence-corrected chi connectivity index (χ2v) is 5.28. The van der Waals surface area contributed by atoms with Crippen molar-refractivity contribution in [2.24, 2.45) is 11.7 Å². The van der Waals surface area contributed by atoms with Crippen molar-refractivity contribution in [3.63, 3.8) is 0 Å². The zero-order valence-electron chi connectivity index (χ0n) is 10.4. The van der Waals surface area contributed by atoms with Crippen LogP contribution in [0.4, 0.5) is 0 Å². The van der Waals surface area contributed by atoms with E-state index in [9.17, 15) is 4.79 Å². The normalized spacial score (nSPS) is 13.2. The van der Waals surface area contributed by atoms with Crippen molar-refractivity contribution >= 4 is 28.4 Å². The number of carbonyl (C=O) groups excluding carboxylic acids is 1. The first-order valence-electron chi connectivity index (χ1n) is 5.97. The van der Waals surface area contributed by atoms with Crippen molar-refractivity contribution in [3.05, 3.63) is 35.0 Å². The number of Topliss-reactive ketones (excluding diaryl/α,β-unsaturated/α-hetero) is 1. The number of halogens is 1. The lowest BCUT2D eigenvalue weighted by Gasteiger charge is -2.10. The van der Waals surface area contributed by atoms with Crippen molar-refractivity contribution in [3.8, 4) is 0 Å². The summed E-state index contributed by atoms with van der Waals surface area (Å²) in [4.78, 5) is 12.1. The van der Waals surface area contributed by atoms with Gasteiger partial charge in [0.2, 0.25) is 5.78 Å². The van der Waals surface area contributed by atoms with E-state index in [2.05, 4.69) is 0 Å². The molecule has 0 aliphatic heterocycles. The van der Waals surface area contributed by atoms with Crippen LogP contribution >= 0.6 is 11.6 Å². The summed E-state index contributed by atoms with van der Waals surface area (Å²) in [6.07, 6.45) is 0.642. The van der Waals surface area contributed by atoms with Crippen molar-refractivity contribution in [1.29, 1.82) is 0 Å². The molecule has 0 bridgehead atoms. The molecule has 1 aromatic carbocycles. The predicted octanol–water partition coefficient (Wildman–Crippen LogP) is 3.64. The molecular formula is C14H16ClNO2. The SMILES string of the molecule is CC(C)CC(N)C(=O)c1cc2cccc(Cl)c2o1. The topological polar surface area (TPSA) is 56.2 Å². The molecule has 1 heterocycles. The molecule has 3 nitrogen and oxygen atoms in total.